The lowest BCUT2D eigenvalue weighted by Crippen LogP contribution is -2.22. The average molecular weight is 433 g/mol. The molecule has 2 aromatic rings. The first kappa shape index (κ1) is 22.1. The van der Waals surface area contributed by atoms with Crippen molar-refractivity contribution in [1.29, 1.82) is 0 Å². The SMILES string of the molecule is Cc1ccc(NS(=O)(=O)c2cc(C(=O)OC(C)C)ccc2NC[C@@H]2CCCO2)cc1. The third-order valence-electron chi connectivity index (χ3n) is 4.70. The van der Waals surface area contributed by atoms with E-state index in [1.165, 1.54) is 6.07 Å². The molecule has 2 aromatic carbocycles. The first-order valence-corrected chi connectivity index (χ1v) is 11.5. The zero-order chi connectivity index (χ0) is 21.7. The maximum atomic E-state index is 13.2. The van der Waals surface area contributed by atoms with Gasteiger partial charge in [0.2, 0.25) is 0 Å². The Bertz CT molecular complexity index is 981. The summed E-state index contributed by atoms with van der Waals surface area (Å²) in [5.41, 5.74) is 2.05. The van der Waals surface area contributed by atoms with E-state index in [4.69, 9.17) is 9.47 Å². The highest BCUT2D eigenvalue weighted by Gasteiger charge is 2.23. The maximum absolute atomic E-state index is 13.2. The Morgan fingerprint density at radius 1 is 1.20 bits per heavy atom. The molecule has 30 heavy (non-hydrogen) atoms. The fourth-order valence-electron chi connectivity index (χ4n) is 3.16. The lowest BCUT2D eigenvalue weighted by molar-refractivity contribution is 0.0377. The monoisotopic (exact) mass is 432 g/mol. The molecule has 1 heterocycles. The zero-order valence-electron chi connectivity index (χ0n) is 17.5. The molecule has 162 valence electrons. The molecule has 8 heteroatoms. The third kappa shape index (κ3) is 5.73. The largest absolute Gasteiger partial charge is 0.459 e. The standard InChI is InChI=1S/C22H28N2O5S/c1-15(2)29-22(25)17-8-11-20(23-14-19-5-4-12-28-19)21(13-17)30(26,27)24-18-9-6-16(3)7-10-18/h6-11,13,15,19,23-24H,4-5,12,14H2,1-3H3/t19-/m0/s1. The van der Waals surface area contributed by atoms with E-state index in [9.17, 15) is 13.2 Å². The predicted molar refractivity (Wildman–Crippen MR) is 116 cm³/mol. The molecule has 0 bridgehead atoms. The number of hydrogen-bond acceptors (Lipinski definition) is 6. The van der Waals surface area contributed by atoms with Crippen LogP contribution in [0.15, 0.2) is 47.4 Å². The summed E-state index contributed by atoms with van der Waals surface area (Å²) in [6.07, 6.45) is 1.65. The van der Waals surface area contributed by atoms with E-state index in [0.29, 0.717) is 24.5 Å². The molecular formula is C22H28N2O5S. The van der Waals surface area contributed by atoms with Gasteiger partial charge in [0.1, 0.15) is 4.90 Å². The normalized spacial score (nSPS) is 16.5. The van der Waals surface area contributed by atoms with Gasteiger partial charge in [0.15, 0.2) is 0 Å². The summed E-state index contributed by atoms with van der Waals surface area (Å²) in [4.78, 5) is 12.3. The van der Waals surface area contributed by atoms with Gasteiger partial charge in [-0.3, -0.25) is 4.72 Å². The van der Waals surface area contributed by atoms with Crippen LogP contribution >= 0.6 is 0 Å². The molecule has 7 nitrogen and oxygen atoms in total. The summed E-state index contributed by atoms with van der Waals surface area (Å²) in [6, 6.07) is 11.5. The molecule has 1 aliphatic rings. The van der Waals surface area contributed by atoms with Gasteiger partial charge in [0, 0.05) is 18.8 Å². The highest BCUT2D eigenvalue weighted by Crippen LogP contribution is 2.27. The number of carbonyl (C=O) groups is 1. The topological polar surface area (TPSA) is 93.7 Å². The van der Waals surface area contributed by atoms with Crippen molar-refractivity contribution in [2.75, 3.05) is 23.2 Å². The molecule has 0 amide bonds. The third-order valence-corrected chi connectivity index (χ3v) is 6.12. The minimum Gasteiger partial charge on any atom is -0.459 e. The number of sulfonamides is 1. The van der Waals surface area contributed by atoms with E-state index < -0.39 is 16.0 Å². The molecule has 0 aliphatic carbocycles. The average Bonchev–Trinajstić information content (AvgIpc) is 3.21. The number of esters is 1. The van der Waals surface area contributed by atoms with Gasteiger partial charge in [-0.25, -0.2) is 13.2 Å². The molecule has 1 saturated heterocycles. The molecule has 2 N–H and O–H groups in total. The Morgan fingerprint density at radius 3 is 2.57 bits per heavy atom. The van der Waals surface area contributed by atoms with Crippen molar-refractivity contribution in [2.24, 2.45) is 0 Å². The minimum absolute atomic E-state index is 0.0146. The molecule has 1 atom stereocenters. The number of benzene rings is 2. The van der Waals surface area contributed by atoms with Crippen molar-refractivity contribution in [3.63, 3.8) is 0 Å². The summed E-state index contributed by atoms with van der Waals surface area (Å²) in [5.74, 6) is -0.567. The van der Waals surface area contributed by atoms with Crippen LogP contribution in [0.5, 0.6) is 0 Å². The smallest absolute Gasteiger partial charge is 0.338 e. The molecule has 0 spiro atoms. The highest BCUT2D eigenvalue weighted by atomic mass is 32.2. The number of nitrogens with one attached hydrogen (secondary N) is 2. The number of aryl methyl sites for hydroxylation is 1. The van der Waals surface area contributed by atoms with Gasteiger partial charge in [-0.05, 0) is 63.9 Å². The van der Waals surface area contributed by atoms with Crippen molar-refractivity contribution >= 4 is 27.4 Å². The van der Waals surface area contributed by atoms with Crippen molar-refractivity contribution in [3.05, 3.63) is 53.6 Å². The van der Waals surface area contributed by atoms with E-state index in [2.05, 4.69) is 10.0 Å². The molecule has 3 rings (SSSR count). The van der Waals surface area contributed by atoms with Crippen molar-refractivity contribution < 1.29 is 22.7 Å². The lowest BCUT2D eigenvalue weighted by Gasteiger charge is -2.17. The van der Waals surface area contributed by atoms with E-state index >= 15 is 0 Å². The summed E-state index contributed by atoms with van der Waals surface area (Å²) in [7, 11) is -3.95. The maximum Gasteiger partial charge on any atom is 0.338 e. The van der Waals surface area contributed by atoms with Crippen LogP contribution in [0.25, 0.3) is 0 Å². The quantitative estimate of drug-likeness (QED) is 0.614. The van der Waals surface area contributed by atoms with E-state index in [1.807, 2.05) is 19.1 Å². The Labute approximate surface area is 177 Å². The van der Waals surface area contributed by atoms with Crippen LogP contribution in [-0.2, 0) is 19.5 Å². The fraction of sp³-hybridized carbons (Fsp3) is 0.409. The molecule has 0 radical (unpaired) electrons. The van der Waals surface area contributed by atoms with Gasteiger partial charge < -0.3 is 14.8 Å². The summed E-state index contributed by atoms with van der Waals surface area (Å²) in [6.45, 7) is 6.61. The molecule has 0 saturated carbocycles. The van der Waals surface area contributed by atoms with Crippen LogP contribution in [0.3, 0.4) is 0 Å². The number of carbonyl (C=O) groups excluding carboxylic acids is 1. The molecule has 1 aliphatic heterocycles. The predicted octanol–water partition coefficient (Wildman–Crippen LogP) is 3.95. The Hall–Kier alpha value is -2.58. The minimum atomic E-state index is -3.95. The molecular weight excluding hydrogens is 404 g/mol. The molecule has 0 unspecified atom stereocenters. The summed E-state index contributed by atoms with van der Waals surface area (Å²) in [5, 5.41) is 3.17. The Balaban J connectivity index is 1.91. The second-order valence-electron chi connectivity index (χ2n) is 7.65. The van der Waals surface area contributed by atoms with E-state index in [1.54, 1.807) is 38.1 Å². The van der Waals surface area contributed by atoms with Crippen molar-refractivity contribution in [3.8, 4) is 0 Å². The van der Waals surface area contributed by atoms with Gasteiger partial charge >= 0.3 is 5.97 Å². The zero-order valence-corrected chi connectivity index (χ0v) is 18.3. The van der Waals surface area contributed by atoms with E-state index in [0.717, 1.165) is 18.4 Å². The van der Waals surface area contributed by atoms with Gasteiger partial charge in [-0.15, -0.1) is 0 Å². The Morgan fingerprint density at radius 2 is 1.93 bits per heavy atom. The highest BCUT2D eigenvalue weighted by molar-refractivity contribution is 7.92. The van der Waals surface area contributed by atoms with Crippen LogP contribution in [0.1, 0.15) is 42.6 Å². The number of rotatable bonds is 8. The van der Waals surface area contributed by atoms with Gasteiger partial charge in [0.25, 0.3) is 10.0 Å². The first-order chi connectivity index (χ1) is 14.2. The van der Waals surface area contributed by atoms with Crippen LogP contribution in [-0.4, -0.2) is 39.7 Å². The Kier molecular flexibility index (Phi) is 6.99. The summed E-state index contributed by atoms with van der Waals surface area (Å²) >= 11 is 0. The first-order valence-electron chi connectivity index (χ1n) is 10.0. The number of anilines is 2. The lowest BCUT2D eigenvalue weighted by atomic mass is 10.2. The van der Waals surface area contributed by atoms with Crippen LogP contribution in [0, 0.1) is 6.92 Å². The van der Waals surface area contributed by atoms with E-state index in [-0.39, 0.29) is 22.7 Å². The second kappa shape index (κ2) is 9.49. The van der Waals surface area contributed by atoms with Gasteiger partial charge in [-0.1, -0.05) is 17.7 Å². The van der Waals surface area contributed by atoms with Crippen LogP contribution in [0.4, 0.5) is 11.4 Å². The van der Waals surface area contributed by atoms with Crippen LogP contribution < -0.4 is 10.0 Å². The van der Waals surface area contributed by atoms with Gasteiger partial charge in [0.05, 0.1) is 23.5 Å². The molecule has 1 fully saturated rings. The van der Waals surface area contributed by atoms with Crippen LogP contribution in [0.2, 0.25) is 0 Å². The summed E-state index contributed by atoms with van der Waals surface area (Å²) < 4.78 is 39.8. The van der Waals surface area contributed by atoms with Crippen molar-refractivity contribution in [1.82, 2.24) is 0 Å². The second-order valence-corrected chi connectivity index (χ2v) is 9.30. The molecule has 0 aromatic heterocycles. The van der Waals surface area contributed by atoms with Gasteiger partial charge in [-0.2, -0.15) is 0 Å². The number of hydrogen-bond donors (Lipinski definition) is 2. The van der Waals surface area contributed by atoms with Crippen molar-refractivity contribution in [2.45, 2.75) is 50.7 Å². The fourth-order valence-corrected chi connectivity index (χ4v) is 4.43. The number of ether oxygens (including phenoxy) is 2.